The number of methoxy groups -OCH3 is 2. The first-order valence-corrected chi connectivity index (χ1v) is 6.82. The van der Waals surface area contributed by atoms with Crippen LogP contribution in [0.3, 0.4) is 0 Å². The van der Waals surface area contributed by atoms with Crippen molar-refractivity contribution in [3.63, 3.8) is 0 Å². The summed E-state index contributed by atoms with van der Waals surface area (Å²) >= 11 is 3.40. The predicted octanol–water partition coefficient (Wildman–Crippen LogP) is 4.34. The van der Waals surface area contributed by atoms with E-state index in [1.165, 1.54) is 14.2 Å². The Kier molecular flexibility index (Phi) is 4.69. The van der Waals surface area contributed by atoms with Crippen molar-refractivity contribution in [3.05, 3.63) is 52.0 Å². The lowest BCUT2D eigenvalue weighted by atomic mass is 10.1. The van der Waals surface area contributed by atoms with E-state index in [4.69, 9.17) is 9.47 Å². The summed E-state index contributed by atoms with van der Waals surface area (Å²) in [5.41, 5.74) is 1.97. The van der Waals surface area contributed by atoms with Crippen molar-refractivity contribution in [3.8, 4) is 17.2 Å². The fraction of sp³-hybridized carbons (Fsp3) is 0.125. The van der Waals surface area contributed by atoms with E-state index in [0.29, 0.717) is 11.5 Å². The quantitative estimate of drug-likeness (QED) is 0.845. The minimum atomic E-state index is 0.00999. The molecule has 0 aromatic heterocycles. The molecule has 0 aliphatic heterocycles. The van der Waals surface area contributed by atoms with Gasteiger partial charge in [0.15, 0.2) is 11.5 Å². The molecule has 20 heavy (non-hydrogen) atoms. The van der Waals surface area contributed by atoms with Gasteiger partial charge in [0.2, 0.25) is 5.75 Å². The van der Waals surface area contributed by atoms with Gasteiger partial charge in [0.1, 0.15) is 0 Å². The third-order valence-corrected chi connectivity index (χ3v) is 3.37. The van der Waals surface area contributed by atoms with E-state index in [2.05, 4.69) is 15.9 Å². The van der Waals surface area contributed by atoms with Crippen LogP contribution in [-0.4, -0.2) is 19.3 Å². The Hall–Kier alpha value is -1.94. The Bertz CT molecular complexity index is 593. The largest absolute Gasteiger partial charge is 0.502 e. The second-order valence-electron chi connectivity index (χ2n) is 4.16. The lowest BCUT2D eigenvalue weighted by Gasteiger charge is -2.09. The van der Waals surface area contributed by atoms with E-state index in [1.54, 1.807) is 12.1 Å². The third-order valence-electron chi connectivity index (χ3n) is 2.84. The van der Waals surface area contributed by atoms with Gasteiger partial charge in [0.25, 0.3) is 0 Å². The Morgan fingerprint density at radius 2 is 1.40 bits per heavy atom. The van der Waals surface area contributed by atoms with Gasteiger partial charge in [-0.05, 0) is 35.4 Å². The number of ether oxygens (including phenoxy) is 2. The molecule has 0 fully saturated rings. The summed E-state index contributed by atoms with van der Waals surface area (Å²) in [6.07, 6.45) is 3.92. The molecule has 0 radical (unpaired) electrons. The summed E-state index contributed by atoms with van der Waals surface area (Å²) in [6.45, 7) is 0. The average molecular weight is 335 g/mol. The summed E-state index contributed by atoms with van der Waals surface area (Å²) in [5, 5.41) is 9.85. The van der Waals surface area contributed by atoms with Crippen LogP contribution in [0.1, 0.15) is 11.1 Å². The number of hydrogen-bond donors (Lipinski definition) is 1. The highest BCUT2D eigenvalue weighted by molar-refractivity contribution is 9.10. The molecule has 4 heteroatoms. The van der Waals surface area contributed by atoms with Gasteiger partial charge >= 0.3 is 0 Å². The molecular weight excluding hydrogens is 320 g/mol. The van der Waals surface area contributed by atoms with Crippen LogP contribution in [0, 0.1) is 0 Å². The molecule has 0 bridgehead atoms. The second kappa shape index (κ2) is 6.48. The Morgan fingerprint density at radius 3 is 1.90 bits per heavy atom. The fourth-order valence-electron chi connectivity index (χ4n) is 1.78. The molecule has 0 spiro atoms. The van der Waals surface area contributed by atoms with Crippen LogP contribution < -0.4 is 9.47 Å². The number of phenols is 1. The molecule has 0 amide bonds. The van der Waals surface area contributed by atoms with Crippen LogP contribution in [0.25, 0.3) is 12.2 Å². The van der Waals surface area contributed by atoms with Crippen molar-refractivity contribution in [1.29, 1.82) is 0 Å². The summed E-state index contributed by atoms with van der Waals surface area (Å²) in [7, 11) is 3.02. The van der Waals surface area contributed by atoms with Crippen molar-refractivity contribution in [2.45, 2.75) is 0 Å². The zero-order valence-corrected chi connectivity index (χ0v) is 12.8. The van der Waals surface area contributed by atoms with Crippen LogP contribution in [0.5, 0.6) is 17.2 Å². The van der Waals surface area contributed by atoms with Crippen molar-refractivity contribution < 1.29 is 14.6 Å². The molecule has 104 valence electrons. The van der Waals surface area contributed by atoms with Crippen LogP contribution in [0.15, 0.2) is 40.9 Å². The van der Waals surface area contributed by atoms with E-state index in [0.717, 1.165) is 15.6 Å². The number of aromatic hydroxyl groups is 1. The Balaban J connectivity index is 2.31. The van der Waals surface area contributed by atoms with E-state index < -0.39 is 0 Å². The molecule has 2 aromatic rings. The normalized spacial score (nSPS) is 10.8. The smallest absolute Gasteiger partial charge is 0.200 e. The number of phenolic OH excluding ortho intramolecular Hbond substituents is 1. The number of benzene rings is 2. The standard InChI is InChI=1S/C16H15BrO3/c1-19-14-9-12(10-15(20-2)16(14)18)4-3-11-5-7-13(17)8-6-11/h3-10,18H,1-2H3/b4-3+. The zero-order chi connectivity index (χ0) is 14.5. The zero-order valence-electron chi connectivity index (χ0n) is 11.3. The predicted molar refractivity (Wildman–Crippen MR) is 84.3 cm³/mol. The molecule has 0 atom stereocenters. The van der Waals surface area contributed by atoms with Gasteiger partial charge in [-0.1, -0.05) is 40.2 Å². The van der Waals surface area contributed by atoms with Gasteiger partial charge in [-0.15, -0.1) is 0 Å². The molecule has 0 aliphatic carbocycles. The number of hydrogen-bond acceptors (Lipinski definition) is 3. The molecule has 0 heterocycles. The highest BCUT2D eigenvalue weighted by atomic mass is 79.9. The number of rotatable bonds is 4. The minimum Gasteiger partial charge on any atom is -0.502 e. The van der Waals surface area contributed by atoms with Crippen molar-refractivity contribution in [1.82, 2.24) is 0 Å². The number of halogens is 1. The van der Waals surface area contributed by atoms with Crippen LogP contribution >= 0.6 is 15.9 Å². The summed E-state index contributed by atoms with van der Waals surface area (Å²) in [6, 6.07) is 11.5. The molecule has 0 saturated carbocycles. The molecule has 1 N–H and O–H groups in total. The Morgan fingerprint density at radius 1 is 0.900 bits per heavy atom. The highest BCUT2D eigenvalue weighted by Gasteiger charge is 2.09. The molecular formula is C16H15BrO3. The SMILES string of the molecule is COc1cc(/C=C/c2ccc(Br)cc2)cc(OC)c1O. The maximum absolute atomic E-state index is 9.85. The van der Waals surface area contributed by atoms with Gasteiger partial charge in [-0.25, -0.2) is 0 Å². The van der Waals surface area contributed by atoms with Crippen molar-refractivity contribution >= 4 is 28.1 Å². The molecule has 3 nitrogen and oxygen atoms in total. The van der Waals surface area contributed by atoms with Gasteiger partial charge in [-0.3, -0.25) is 0 Å². The molecule has 2 aromatic carbocycles. The fourth-order valence-corrected chi connectivity index (χ4v) is 2.04. The van der Waals surface area contributed by atoms with Crippen LogP contribution in [0.4, 0.5) is 0 Å². The molecule has 0 unspecified atom stereocenters. The first-order chi connectivity index (χ1) is 9.63. The summed E-state index contributed by atoms with van der Waals surface area (Å²) in [4.78, 5) is 0. The van der Waals surface area contributed by atoms with Crippen LogP contribution in [-0.2, 0) is 0 Å². The maximum Gasteiger partial charge on any atom is 0.200 e. The maximum atomic E-state index is 9.85. The van der Waals surface area contributed by atoms with Gasteiger partial charge in [-0.2, -0.15) is 0 Å². The lowest BCUT2D eigenvalue weighted by molar-refractivity contribution is 0.340. The van der Waals surface area contributed by atoms with E-state index >= 15 is 0 Å². The highest BCUT2D eigenvalue weighted by Crippen LogP contribution is 2.37. The van der Waals surface area contributed by atoms with Crippen LogP contribution in [0.2, 0.25) is 0 Å². The van der Waals surface area contributed by atoms with Crippen molar-refractivity contribution in [2.24, 2.45) is 0 Å². The van der Waals surface area contributed by atoms with E-state index in [-0.39, 0.29) is 5.75 Å². The molecule has 2 rings (SSSR count). The van der Waals surface area contributed by atoms with Gasteiger partial charge in [0, 0.05) is 4.47 Å². The summed E-state index contributed by atoms with van der Waals surface area (Å²) in [5.74, 6) is 0.787. The van der Waals surface area contributed by atoms with E-state index in [1.807, 2.05) is 36.4 Å². The van der Waals surface area contributed by atoms with Crippen molar-refractivity contribution in [2.75, 3.05) is 14.2 Å². The third kappa shape index (κ3) is 3.33. The van der Waals surface area contributed by atoms with E-state index in [9.17, 15) is 5.11 Å². The first-order valence-electron chi connectivity index (χ1n) is 6.02. The monoisotopic (exact) mass is 334 g/mol. The average Bonchev–Trinajstić information content (AvgIpc) is 2.47. The summed E-state index contributed by atoms with van der Waals surface area (Å²) < 4.78 is 11.3. The minimum absolute atomic E-state index is 0.00999. The van der Waals surface area contributed by atoms with Gasteiger partial charge < -0.3 is 14.6 Å². The second-order valence-corrected chi connectivity index (χ2v) is 5.07. The topological polar surface area (TPSA) is 38.7 Å². The van der Waals surface area contributed by atoms with Gasteiger partial charge in [0.05, 0.1) is 14.2 Å². The Labute approximate surface area is 126 Å². The molecule has 0 aliphatic rings. The first kappa shape index (κ1) is 14.5. The lowest BCUT2D eigenvalue weighted by Crippen LogP contribution is -1.90. The molecule has 0 saturated heterocycles.